The van der Waals surface area contributed by atoms with E-state index in [1.807, 2.05) is 6.92 Å². The summed E-state index contributed by atoms with van der Waals surface area (Å²) in [5.74, 6) is -2.40. The molecule has 0 fully saturated rings. The van der Waals surface area contributed by atoms with Crippen molar-refractivity contribution in [3.8, 4) is 0 Å². The number of amides is 1. The first-order valence-corrected chi connectivity index (χ1v) is 5.51. The molecule has 0 bridgehead atoms. The number of nitrogens with two attached hydrogens (primary N) is 1. The Kier molecular flexibility index (Phi) is 4.84. The number of hydrogen-bond acceptors (Lipinski definition) is 2. The fraction of sp³-hybridized carbons (Fsp3) is 0.364. The predicted molar refractivity (Wildman–Crippen MR) is 62.0 cm³/mol. The molecule has 0 aliphatic rings. The maximum absolute atomic E-state index is 13.3. The molecule has 0 aliphatic carbocycles. The largest absolute Gasteiger partial charge is 0.350 e. The number of benzene rings is 1. The van der Waals surface area contributed by atoms with Gasteiger partial charge in [0.05, 0.1) is 10.6 Å². The molecule has 1 amide bonds. The van der Waals surface area contributed by atoms with Crippen LogP contribution in [0.5, 0.6) is 0 Å². The van der Waals surface area contributed by atoms with Crippen molar-refractivity contribution in [2.75, 3.05) is 6.54 Å². The zero-order chi connectivity index (χ0) is 13.0. The Hall–Kier alpha value is -1.20. The second-order valence-electron chi connectivity index (χ2n) is 3.62. The Morgan fingerprint density at radius 2 is 2.12 bits per heavy atom. The molecule has 0 aliphatic heterocycles. The van der Waals surface area contributed by atoms with E-state index in [4.69, 9.17) is 17.3 Å². The molecule has 1 aromatic carbocycles. The summed E-state index contributed by atoms with van der Waals surface area (Å²) in [7, 11) is 0. The van der Waals surface area contributed by atoms with Crippen LogP contribution in [0.1, 0.15) is 23.7 Å². The lowest BCUT2D eigenvalue weighted by atomic mass is 10.1. The summed E-state index contributed by atoms with van der Waals surface area (Å²) in [5, 5.41) is 2.07. The number of halogens is 3. The van der Waals surface area contributed by atoms with Crippen molar-refractivity contribution in [2.24, 2.45) is 5.73 Å². The summed E-state index contributed by atoms with van der Waals surface area (Å²) < 4.78 is 26.4. The van der Waals surface area contributed by atoms with Crippen molar-refractivity contribution < 1.29 is 13.6 Å². The lowest BCUT2D eigenvalue weighted by Gasteiger charge is -2.11. The number of carbonyl (C=O) groups is 1. The topological polar surface area (TPSA) is 55.1 Å². The molecule has 0 aromatic heterocycles. The molecule has 3 nitrogen and oxygen atoms in total. The summed E-state index contributed by atoms with van der Waals surface area (Å²) in [5.41, 5.74) is 5.21. The zero-order valence-electron chi connectivity index (χ0n) is 9.27. The van der Waals surface area contributed by atoms with E-state index in [0.29, 0.717) is 6.42 Å². The van der Waals surface area contributed by atoms with Crippen molar-refractivity contribution >= 4 is 17.5 Å². The molecule has 0 radical (unpaired) electrons. The highest BCUT2D eigenvalue weighted by atomic mass is 35.5. The third-order valence-electron chi connectivity index (χ3n) is 2.30. The number of hydrogen-bond donors (Lipinski definition) is 2. The standard InChI is InChI=1S/C11H13ClF2N2O/c1-2-6(15)5-16-11(17)7-3-10(14)8(12)4-9(7)13/h3-4,6H,2,5,15H2,1H3,(H,16,17). The van der Waals surface area contributed by atoms with Crippen LogP contribution in [0.3, 0.4) is 0 Å². The Morgan fingerprint density at radius 3 is 2.71 bits per heavy atom. The van der Waals surface area contributed by atoms with E-state index >= 15 is 0 Å². The van der Waals surface area contributed by atoms with Crippen molar-refractivity contribution in [1.82, 2.24) is 5.32 Å². The molecule has 1 atom stereocenters. The Bertz CT molecular complexity index is 426. The van der Waals surface area contributed by atoms with Gasteiger partial charge in [-0.15, -0.1) is 0 Å². The summed E-state index contributed by atoms with van der Waals surface area (Å²) >= 11 is 5.37. The molecule has 1 rings (SSSR count). The van der Waals surface area contributed by atoms with Crippen LogP contribution in [0.2, 0.25) is 5.02 Å². The molecule has 94 valence electrons. The molecule has 6 heteroatoms. The molecule has 0 spiro atoms. The molecule has 17 heavy (non-hydrogen) atoms. The van der Waals surface area contributed by atoms with Crippen LogP contribution in [0, 0.1) is 11.6 Å². The lowest BCUT2D eigenvalue weighted by molar-refractivity contribution is 0.0946. The maximum Gasteiger partial charge on any atom is 0.254 e. The minimum Gasteiger partial charge on any atom is -0.350 e. The summed E-state index contributed by atoms with van der Waals surface area (Å²) in [6.07, 6.45) is 0.678. The number of carbonyl (C=O) groups excluding carboxylic acids is 1. The highest BCUT2D eigenvalue weighted by Gasteiger charge is 2.15. The van der Waals surface area contributed by atoms with E-state index in [-0.39, 0.29) is 23.2 Å². The summed E-state index contributed by atoms with van der Waals surface area (Å²) in [6.45, 7) is 2.07. The van der Waals surface area contributed by atoms with Gasteiger partial charge in [-0.25, -0.2) is 8.78 Å². The minimum atomic E-state index is -0.862. The van der Waals surface area contributed by atoms with Gasteiger partial charge in [0.15, 0.2) is 0 Å². The number of nitrogens with one attached hydrogen (secondary N) is 1. The van der Waals surface area contributed by atoms with Gasteiger partial charge >= 0.3 is 0 Å². The fourth-order valence-electron chi connectivity index (χ4n) is 1.16. The van der Waals surface area contributed by atoms with E-state index in [1.165, 1.54) is 0 Å². The average molecular weight is 263 g/mol. The second-order valence-corrected chi connectivity index (χ2v) is 4.03. The average Bonchev–Trinajstić information content (AvgIpc) is 2.30. The highest BCUT2D eigenvalue weighted by molar-refractivity contribution is 6.30. The van der Waals surface area contributed by atoms with Gasteiger partial charge in [0.25, 0.3) is 5.91 Å². The molecular weight excluding hydrogens is 250 g/mol. The van der Waals surface area contributed by atoms with Crippen LogP contribution in [-0.4, -0.2) is 18.5 Å². The van der Waals surface area contributed by atoms with Gasteiger partial charge in [-0.2, -0.15) is 0 Å². The Balaban J connectivity index is 2.79. The van der Waals surface area contributed by atoms with E-state index in [1.54, 1.807) is 0 Å². The third-order valence-corrected chi connectivity index (χ3v) is 2.59. The molecule has 1 unspecified atom stereocenters. The molecule has 0 saturated heterocycles. The quantitative estimate of drug-likeness (QED) is 0.817. The second kappa shape index (κ2) is 5.93. The van der Waals surface area contributed by atoms with E-state index < -0.39 is 17.5 Å². The van der Waals surface area contributed by atoms with E-state index in [0.717, 1.165) is 12.1 Å². The molecule has 1 aromatic rings. The van der Waals surface area contributed by atoms with Gasteiger partial charge in [-0.1, -0.05) is 18.5 Å². The van der Waals surface area contributed by atoms with E-state index in [9.17, 15) is 13.6 Å². The molecule has 3 N–H and O–H groups in total. The van der Waals surface area contributed by atoms with Gasteiger partial charge < -0.3 is 11.1 Å². The summed E-state index contributed by atoms with van der Waals surface area (Å²) in [6, 6.07) is 1.33. The lowest BCUT2D eigenvalue weighted by Crippen LogP contribution is -2.37. The third kappa shape index (κ3) is 3.64. The van der Waals surface area contributed by atoms with Crippen LogP contribution in [0.25, 0.3) is 0 Å². The Labute approximate surface area is 103 Å². The molecule has 0 saturated carbocycles. The van der Waals surface area contributed by atoms with Crippen LogP contribution in [0.15, 0.2) is 12.1 Å². The maximum atomic E-state index is 13.3. The SMILES string of the molecule is CCC(N)CNC(=O)c1cc(F)c(Cl)cc1F. The van der Waals surface area contributed by atoms with Gasteiger partial charge in [-0.05, 0) is 18.6 Å². The van der Waals surface area contributed by atoms with Gasteiger partial charge in [0.2, 0.25) is 0 Å². The fourth-order valence-corrected chi connectivity index (χ4v) is 1.31. The van der Waals surface area contributed by atoms with Crippen LogP contribution in [0.4, 0.5) is 8.78 Å². The first kappa shape index (κ1) is 13.9. The normalized spacial score (nSPS) is 12.3. The predicted octanol–water partition coefficient (Wildman–Crippen LogP) is 2.09. The van der Waals surface area contributed by atoms with Crippen LogP contribution >= 0.6 is 11.6 Å². The first-order chi connectivity index (χ1) is 7.95. The van der Waals surface area contributed by atoms with Crippen molar-refractivity contribution in [3.63, 3.8) is 0 Å². The zero-order valence-corrected chi connectivity index (χ0v) is 10.0. The minimum absolute atomic E-state index is 0.207. The Morgan fingerprint density at radius 1 is 1.47 bits per heavy atom. The highest BCUT2D eigenvalue weighted by Crippen LogP contribution is 2.19. The first-order valence-electron chi connectivity index (χ1n) is 5.14. The van der Waals surface area contributed by atoms with Crippen molar-refractivity contribution in [2.45, 2.75) is 19.4 Å². The van der Waals surface area contributed by atoms with Crippen LogP contribution in [-0.2, 0) is 0 Å². The van der Waals surface area contributed by atoms with Crippen molar-refractivity contribution in [3.05, 3.63) is 34.4 Å². The van der Waals surface area contributed by atoms with Crippen LogP contribution < -0.4 is 11.1 Å². The van der Waals surface area contributed by atoms with Gasteiger partial charge in [0.1, 0.15) is 11.6 Å². The summed E-state index contributed by atoms with van der Waals surface area (Å²) in [4.78, 5) is 11.5. The smallest absolute Gasteiger partial charge is 0.254 e. The molecular formula is C11H13ClF2N2O. The van der Waals surface area contributed by atoms with Gasteiger partial charge in [0, 0.05) is 12.6 Å². The monoisotopic (exact) mass is 262 g/mol. The molecule has 0 heterocycles. The number of rotatable bonds is 4. The van der Waals surface area contributed by atoms with E-state index in [2.05, 4.69) is 5.32 Å². The van der Waals surface area contributed by atoms with Gasteiger partial charge in [-0.3, -0.25) is 4.79 Å². The van der Waals surface area contributed by atoms with Crippen molar-refractivity contribution in [1.29, 1.82) is 0 Å².